The fourth-order valence-corrected chi connectivity index (χ4v) is 3.22. The molecule has 2 N–H and O–H groups in total. The van der Waals surface area contributed by atoms with Gasteiger partial charge in [-0.2, -0.15) is 0 Å². The molecule has 0 aromatic carbocycles. The monoisotopic (exact) mass is 197 g/mol. The second-order valence-electron chi connectivity index (χ2n) is 4.87. The molecule has 1 rings (SSSR count). The van der Waals surface area contributed by atoms with Crippen LogP contribution in [0.1, 0.15) is 58.8 Å². The maximum Gasteiger partial charge on any atom is -0.00461 e. The lowest BCUT2D eigenvalue weighted by molar-refractivity contribution is 0.205. The molecule has 0 aromatic rings. The minimum absolute atomic E-state index is 0.822. The van der Waals surface area contributed by atoms with Crippen LogP contribution in [0.4, 0.5) is 0 Å². The van der Waals surface area contributed by atoms with Gasteiger partial charge < -0.3 is 5.73 Å². The van der Waals surface area contributed by atoms with E-state index in [0.29, 0.717) is 0 Å². The van der Waals surface area contributed by atoms with Crippen molar-refractivity contribution in [3.63, 3.8) is 0 Å². The summed E-state index contributed by atoms with van der Waals surface area (Å²) in [6, 6.07) is 0. The van der Waals surface area contributed by atoms with E-state index >= 15 is 0 Å². The molecule has 0 aliphatic heterocycles. The first-order chi connectivity index (χ1) is 6.83. The Bertz CT molecular complexity index is 140. The second-order valence-corrected chi connectivity index (χ2v) is 4.87. The molecule has 2 unspecified atom stereocenters. The third kappa shape index (κ3) is 2.98. The number of rotatable bonds is 4. The molecule has 0 radical (unpaired) electrons. The highest BCUT2D eigenvalue weighted by Gasteiger charge is 2.27. The Morgan fingerprint density at radius 3 is 2.29 bits per heavy atom. The van der Waals surface area contributed by atoms with Crippen LogP contribution < -0.4 is 5.73 Å². The molecule has 1 fully saturated rings. The third-order valence-electron chi connectivity index (χ3n) is 4.17. The SMILES string of the molecule is CCC(CC)C1CCCCCC1CN. The van der Waals surface area contributed by atoms with E-state index < -0.39 is 0 Å². The lowest BCUT2D eigenvalue weighted by Crippen LogP contribution is -2.28. The van der Waals surface area contributed by atoms with E-state index in [1.54, 1.807) is 0 Å². The van der Waals surface area contributed by atoms with Gasteiger partial charge in [-0.1, -0.05) is 46.0 Å². The molecular formula is C13H27N. The van der Waals surface area contributed by atoms with Crippen LogP contribution >= 0.6 is 0 Å². The summed E-state index contributed by atoms with van der Waals surface area (Å²) in [4.78, 5) is 0. The van der Waals surface area contributed by atoms with Crippen LogP contribution in [0, 0.1) is 17.8 Å². The summed E-state index contributed by atoms with van der Waals surface area (Å²) in [5.74, 6) is 2.68. The quantitative estimate of drug-likeness (QED) is 0.685. The van der Waals surface area contributed by atoms with Gasteiger partial charge in [-0.25, -0.2) is 0 Å². The van der Waals surface area contributed by atoms with E-state index in [9.17, 15) is 0 Å². The molecule has 1 aliphatic rings. The second kappa shape index (κ2) is 6.44. The van der Waals surface area contributed by atoms with E-state index in [4.69, 9.17) is 5.73 Å². The topological polar surface area (TPSA) is 26.0 Å². The summed E-state index contributed by atoms with van der Waals surface area (Å²) in [5.41, 5.74) is 5.91. The van der Waals surface area contributed by atoms with Crippen molar-refractivity contribution in [3.05, 3.63) is 0 Å². The van der Waals surface area contributed by atoms with Gasteiger partial charge in [-0.15, -0.1) is 0 Å². The number of hydrogen-bond acceptors (Lipinski definition) is 1. The van der Waals surface area contributed by atoms with Gasteiger partial charge in [0.1, 0.15) is 0 Å². The standard InChI is InChI=1S/C13H27N/c1-3-11(4-2)13-9-7-5-6-8-12(13)10-14/h11-13H,3-10,14H2,1-2H3. The first-order valence-corrected chi connectivity index (χ1v) is 6.53. The molecule has 84 valence electrons. The summed E-state index contributed by atoms with van der Waals surface area (Å²) in [7, 11) is 0. The van der Waals surface area contributed by atoms with E-state index in [1.807, 2.05) is 0 Å². The van der Waals surface area contributed by atoms with Gasteiger partial charge >= 0.3 is 0 Å². The summed E-state index contributed by atoms with van der Waals surface area (Å²) in [6.45, 7) is 5.60. The van der Waals surface area contributed by atoms with Crippen LogP contribution in [0.15, 0.2) is 0 Å². The van der Waals surface area contributed by atoms with E-state index in [2.05, 4.69) is 13.8 Å². The number of nitrogens with two attached hydrogens (primary N) is 1. The van der Waals surface area contributed by atoms with Crippen LogP contribution in [-0.4, -0.2) is 6.54 Å². The van der Waals surface area contributed by atoms with Crippen molar-refractivity contribution in [1.82, 2.24) is 0 Å². The summed E-state index contributed by atoms with van der Waals surface area (Å²) in [5, 5.41) is 0. The molecule has 1 heteroatoms. The zero-order chi connectivity index (χ0) is 10.4. The van der Waals surface area contributed by atoms with Gasteiger partial charge in [0.05, 0.1) is 0 Å². The van der Waals surface area contributed by atoms with E-state index in [0.717, 1.165) is 24.3 Å². The Balaban J connectivity index is 2.58. The summed E-state index contributed by atoms with van der Waals surface area (Å²) in [6.07, 6.45) is 9.81. The Kier molecular flexibility index (Phi) is 5.54. The highest BCUT2D eigenvalue weighted by atomic mass is 14.6. The minimum Gasteiger partial charge on any atom is -0.330 e. The lowest BCUT2D eigenvalue weighted by atomic mass is 9.76. The summed E-state index contributed by atoms with van der Waals surface area (Å²) < 4.78 is 0. The molecule has 0 heterocycles. The van der Waals surface area contributed by atoms with Crippen molar-refractivity contribution < 1.29 is 0 Å². The Labute approximate surface area is 89.5 Å². The molecule has 14 heavy (non-hydrogen) atoms. The van der Waals surface area contributed by atoms with Crippen molar-refractivity contribution in [3.8, 4) is 0 Å². The fraction of sp³-hybridized carbons (Fsp3) is 1.00. The van der Waals surface area contributed by atoms with Crippen LogP contribution in [0.5, 0.6) is 0 Å². The van der Waals surface area contributed by atoms with Crippen LogP contribution in [0.2, 0.25) is 0 Å². The third-order valence-corrected chi connectivity index (χ3v) is 4.17. The van der Waals surface area contributed by atoms with Gasteiger partial charge in [0.25, 0.3) is 0 Å². The van der Waals surface area contributed by atoms with Gasteiger partial charge in [-0.3, -0.25) is 0 Å². The predicted octanol–water partition coefficient (Wildman–Crippen LogP) is 3.58. The van der Waals surface area contributed by atoms with E-state index in [-0.39, 0.29) is 0 Å². The van der Waals surface area contributed by atoms with Crippen LogP contribution in [-0.2, 0) is 0 Å². The molecule has 1 saturated carbocycles. The van der Waals surface area contributed by atoms with Gasteiger partial charge in [0.15, 0.2) is 0 Å². The summed E-state index contributed by atoms with van der Waals surface area (Å²) >= 11 is 0. The molecule has 0 bridgehead atoms. The maximum absolute atomic E-state index is 5.91. The Hall–Kier alpha value is -0.0400. The maximum atomic E-state index is 5.91. The highest BCUT2D eigenvalue weighted by molar-refractivity contribution is 4.79. The average molecular weight is 197 g/mol. The molecule has 0 amide bonds. The smallest absolute Gasteiger partial charge is 0.00461 e. The minimum atomic E-state index is 0.822. The Morgan fingerprint density at radius 2 is 1.71 bits per heavy atom. The molecule has 0 saturated heterocycles. The lowest BCUT2D eigenvalue weighted by Gasteiger charge is -2.30. The normalized spacial score (nSPS) is 29.1. The zero-order valence-electron chi connectivity index (χ0n) is 9.97. The average Bonchev–Trinajstić information content (AvgIpc) is 2.45. The van der Waals surface area contributed by atoms with Gasteiger partial charge in [0.2, 0.25) is 0 Å². The zero-order valence-corrected chi connectivity index (χ0v) is 9.97. The highest BCUT2D eigenvalue weighted by Crippen LogP contribution is 2.36. The predicted molar refractivity (Wildman–Crippen MR) is 63.2 cm³/mol. The van der Waals surface area contributed by atoms with E-state index in [1.165, 1.54) is 44.9 Å². The van der Waals surface area contributed by atoms with Crippen LogP contribution in [0.25, 0.3) is 0 Å². The van der Waals surface area contributed by atoms with Crippen molar-refractivity contribution in [2.75, 3.05) is 6.54 Å². The van der Waals surface area contributed by atoms with Crippen molar-refractivity contribution >= 4 is 0 Å². The molecule has 0 aromatic heterocycles. The molecular weight excluding hydrogens is 170 g/mol. The van der Waals surface area contributed by atoms with Crippen molar-refractivity contribution in [2.24, 2.45) is 23.5 Å². The van der Waals surface area contributed by atoms with Crippen molar-refractivity contribution in [1.29, 1.82) is 0 Å². The van der Waals surface area contributed by atoms with Crippen LogP contribution in [0.3, 0.4) is 0 Å². The first-order valence-electron chi connectivity index (χ1n) is 6.53. The molecule has 1 aliphatic carbocycles. The van der Waals surface area contributed by atoms with Gasteiger partial charge in [0, 0.05) is 0 Å². The molecule has 0 spiro atoms. The fourth-order valence-electron chi connectivity index (χ4n) is 3.22. The molecule has 1 nitrogen and oxygen atoms in total. The first kappa shape index (κ1) is 12.0. The van der Waals surface area contributed by atoms with Crippen molar-refractivity contribution in [2.45, 2.75) is 58.8 Å². The Morgan fingerprint density at radius 1 is 1.07 bits per heavy atom. The molecule has 2 atom stereocenters. The number of hydrogen-bond donors (Lipinski definition) is 1. The van der Waals surface area contributed by atoms with Gasteiger partial charge in [-0.05, 0) is 37.1 Å². The largest absolute Gasteiger partial charge is 0.330 e.